The number of imidazole rings is 1. The summed E-state index contributed by atoms with van der Waals surface area (Å²) < 4.78 is 7.21. The van der Waals surface area contributed by atoms with E-state index in [9.17, 15) is 20.0 Å². The molecule has 2 fully saturated rings. The summed E-state index contributed by atoms with van der Waals surface area (Å²) in [6.07, 6.45) is 9.41. The van der Waals surface area contributed by atoms with Gasteiger partial charge in [-0.3, -0.25) is 10.1 Å². The van der Waals surface area contributed by atoms with E-state index in [1.807, 2.05) is 29.4 Å². The lowest BCUT2D eigenvalue weighted by molar-refractivity contribution is -0.384. The molecule has 35 heavy (non-hydrogen) atoms. The molecule has 3 heterocycles. The summed E-state index contributed by atoms with van der Waals surface area (Å²) in [5, 5.41) is 22.3. The molecule has 1 saturated carbocycles. The first-order valence-corrected chi connectivity index (χ1v) is 13.1. The van der Waals surface area contributed by atoms with E-state index in [1.165, 1.54) is 37.7 Å². The summed E-state index contributed by atoms with van der Waals surface area (Å²) in [6, 6.07) is 6.21. The van der Waals surface area contributed by atoms with Crippen molar-refractivity contribution in [3.8, 4) is 10.4 Å². The summed E-state index contributed by atoms with van der Waals surface area (Å²) in [7, 11) is 1.25. The number of nitro groups is 1. The maximum Gasteiger partial charge on any atom is 0.347 e. The van der Waals surface area contributed by atoms with Crippen molar-refractivity contribution in [3.63, 3.8) is 0 Å². The van der Waals surface area contributed by atoms with Gasteiger partial charge in [-0.05, 0) is 43.7 Å². The lowest BCUT2D eigenvalue weighted by Crippen LogP contribution is -2.35. The molecule has 2 aromatic heterocycles. The number of esters is 1. The van der Waals surface area contributed by atoms with Crippen molar-refractivity contribution < 1.29 is 19.6 Å². The van der Waals surface area contributed by atoms with Crippen LogP contribution in [-0.4, -0.2) is 52.4 Å². The van der Waals surface area contributed by atoms with Crippen molar-refractivity contribution >= 4 is 39.0 Å². The fraction of sp³-hybridized carbons (Fsp3) is 0.520. The minimum atomic E-state index is -0.707. The molecule has 1 aromatic carbocycles. The standard InChI is InChI=1S/C25H30N4O5S/c1-34-25(31)21-22(29(32)33)23(35-24(21)27-11-9-16(14-30)10-12-27)17-7-8-20-19(13-17)26-15-28(20)18-5-3-2-4-6-18/h7-8,13,15-16,18,30H,2-6,9-12,14H2,1H3. The Balaban J connectivity index is 1.57. The summed E-state index contributed by atoms with van der Waals surface area (Å²) in [4.78, 5) is 31.6. The molecule has 2 aliphatic rings. The lowest BCUT2D eigenvalue weighted by atomic mass is 9.95. The van der Waals surface area contributed by atoms with Crippen molar-refractivity contribution in [1.29, 1.82) is 0 Å². The molecule has 1 saturated heterocycles. The van der Waals surface area contributed by atoms with E-state index in [0.29, 0.717) is 34.6 Å². The number of thiophene rings is 1. The number of methoxy groups -OCH3 is 1. The molecule has 1 N–H and O–H groups in total. The van der Waals surface area contributed by atoms with Gasteiger partial charge in [-0.15, -0.1) is 11.3 Å². The molecule has 1 aliphatic carbocycles. The average Bonchev–Trinajstić information content (AvgIpc) is 3.51. The van der Waals surface area contributed by atoms with Crippen LogP contribution in [0.15, 0.2) is 24.5 Å². The maximum absolute atomic E-state index is 12.8. The molecule has 0 spiro atoms. The predicted octanol–water partition coefficient (Wildman–Crippen LogP) is 5.17. The van der Waals surface area contributed by atoms with Crippen molar-refractivity contribution in [3.05, 3.63) is 40.2 Å². The molecule has 0 amide bonds. The zero-order chi connectivity index (χ0) is 24.5. The summed E-state index contributed by atoms with van der Waals surface area (Å²) >= 11 is 1.26. The minimum Gasteiger partial charge on any atom is -0.465 e. The Morgan fingerprint density at radius 2 is 1.97 bits per heavy atom. The van der Waals surface area contributed by atoms with Gasteiger partial charge in [0.1, 0.15) is 9.88 Å². The van der Waals surface area contributed by atoms with Gasteiger partial charge >= 0.3 is 11.7 Å². The summed E-state index contributed by atoms with van der Waals surface area (Å²) in [5.41, 5.74) is 2.28. The van der Waals surface area contributed by atoms with Crippen LogP contribution in [-0.2, 0) is 4.74 Å². The molecule has 0 atom stereocenters. The van der Waals surface area contributed by atoms with Crippen molar-refractivity contribution in [2.24, 2.45) is 5.92 Å². The van der Waals surface area contributed by atoms with Gasteiger partial charge in [0, 0.05) is 31.3 Å². The Morgan fingerprint density at radius 1 is 1.23 bits per heavy atom. The molecule has 3 aromatic rings. The number of benzene rings is 1. The summed E-state index contributed by atoms with van der Waals surface area (Å²) in [5.74, 6) is -0.495. The van der Waals surface area contributed by atoms with Crippen LogP contribution in [0, 0.1) is 16.0 Å². The number of rotatable bonds is 6. The first-order chi connectivity index (χ1) is 17.0. The van der Waals surface area contributed by atoms with Gasteiger partial charge in [0.05, 0.1) is 29.4 Å². The van der Waals surface area contributed by atoms with Gasteiger partial charge in [-0.1, -0.05) is 25.3 Å². The fourth-order valence-electron chi connectivity index (χ4n) is 5.43. The van der Waals surface area contributed by atoms with Crippen LogP contribution in [0.1, 0.15) is 61.3 Å². The molecule has 0 bridgehead atoms. The van der Waals surface area contributed by atoms with E-state index >= 15 is 0 Å². The van der Waals surface area contributed by atoms with E-state index < -0.39 is 10.9 Å². The lowest BCUT2D eigenvalue weighted by Gasteiger charge is -2.32. The Bertz CT molecular complexity index is 1240. The number of fused-ring (bicyclic) bond motifs is 1. The van der Waals surface area contributed by atoms with Crippen molar-refractivity contribution in [2.75, 3.05) is 31.7 Å². The Labute approximate surface area is 207 Å². The van der Waals surface area contributed by atoms with Gasteiger partial charge in [-0.2, -0.15) is 0 Å². The van der Waals surface area contributed by atoms with E-state index in [0.717, 1.165) is 36.7 Å². The second-order valence-electron chi connectivity index (χ2n) is 9.47. The third kappa shape index (κ3) is 4.40. The maximum atomic E-state index is 12.8. The number of aliphatic hydroxyl groups excluding tert-OH is 1. The average molecular weight is 499 g/mol. The van der Waals surface area contributed by atoms with E-state index in [1.54, 1.807) is 0 Å². The molecule has 10 heteroatoms. The van der Waals surface area contributed by atoms with Crippen molar-refractivity contribution in [2.45, 2.75) is 51.0 Å². The number of aliphatic hydroxyl groups is 1. The molecule has 5 rings (SSSR count). The Morgan fingerprint density at radius 3 is 2.63 bits per heavy atom. The monoisotopic (exact) mass is 498 g/mol. The van der Waals surface area contributed by atoms with Gasteiger partial charge < -0.3 is 19.3 Å². The van der Waals surface area contributed by atoms with E-state index in [-0.39, 0.29) is 23.8 Å². The highest BCUT2D eigenvalue weighted by Crippen LogP contribution is 2.48. The normalized spacial score (nSPS) is 17.7. The number of aromatic nitrogens is 2. The first-order valence-electron chi connectivity index (χ1n) is 12.2. The second kappa shape index (κ2) is 9.94. The van der Waals surface area contributed by atoms with E-state index in [4.69, 9.17) is 4.74 Å². The van der Waals surface area contributed by atoms with Crippen LogP contribution in [0.3, 0.4) is 0 Å². The number of piperidine rings is 1. The number of anilines is 1. The zero-order valence-corrected chi connectivity index (χ0v) is 20.6. The minimum absolute atomic E-state index is 0.00720. The first kappa shape index (κ1) is 23.7. The second-order valence-corrected chi connectivity index (χ2v) is 10.5. The number of nitrogens with zero attached hydrogens (tertiary/aromatic N) is 4. The van der Waals surface area contributed by atoms with Crippen LogP contribution in [0.25, 0.3) is 21.5 Å². The summed E-state index contributed by atoms with van der Waals surface area (Å²) in [6.45, 7) is 1.37. The number of ether oxygens (including phenoxy) is 1. The fourth-order valence-corrected chi connectivity index (χ4v) is 6.74. The largest absolute Gasteiger partial charge is 0.465 e. The Hall–Kier alpha value is -2.98. The van der Waals surface area contributed by atoms with Crippen LogP contribution < -0.4 is 4.90 Å². The van der Waals surface area contributed by atoms with Crippen molar-refractivity contribution in [1.82, 2.24) is 9.55 Å². The number of hydrogen-bond acceptors (Lipinski definition) is 8. The molecule has 0 radical (unpaired) electrons. The smallest absolute Gasteiger partial charge is 0.347 e. The van der Waals surface area contributed by atoms with Gasteiger partial charge in [0.15, 0.2) is 5.56 Å². The molecule has 186 valence electrons. The number of carbonyl (C=O) groups is 1. The highest BCUT2D eigenvalue weighted by Gasteiger charge is 2.37. The Kier molecular flexibility index (Phi) is 6.75. The SMILES string of the molecule is COC(=O)c1c(N2CCC(CO)CC2)sc(-c2ccc3c(c2)ncn3C2CCCCC2)c1[N+](=O)[O-]. The van der Waals surface area contributed by atoms with Gasteiger partial charge in [0.2, 0.25) is 0 Å². The highest BCUT2D eigenvalue weighted by molar-refractivity contribution is 7.20. The quantitative estimate of drug-likeness (QED) is 0.283. The topological polar surface area (TPSA) is 111 Å². The van der Waals surface area contributed by atoms with Crippen LogP contribution in [0.4, 0.5) is 10.7 Å². The van der Waals surface area contributed by atoms with E-state index in [2.05, 4.69) is 9.55 Å². The molecule has 0 unspecified atom stereocenters. The zero-order valence-electron chi connectivity index (χ0n) is 19.8. The number of carbonyl (C=O) groups excluding carboxylic acids is 1. The van der Waals surface area contributed by atoms with Gasteiger partial charge in [-0.25, -0.2) is 9.78 Å². The number of hydrogen-bond donors (Lipinski definition) is 1. The van der Waals surface area contributed by atoms with Crippen LogP contribution in [0.5, 0.6) is 0 Å². The third-order valence-corrected chi connectivity index (χ3v) is 8.69. The highest BCUT2D eigenvalue weighted by atomic mass is 32.1. The molecule has 9 nitrogen and oxygen atoms in total. The third-order valence-electron chi connectivity index (χ3n) is 7.40. The molecule has 1 aliphatic heterocycles. The molecular weight excluding hydrogens is 468 g/mol. The van der Waals surface area contributed by atoms with Gasteiger partial charge in [0.25, 0.3) is 0 Å². The predicted molar refractivity (Wildman–Crippen MR) is 135 cm³/mol. The van der Waals surface area contributed by atoms with Crippen LogP contribution in [0.2, 0.25) is 0 Å². The van der Waals surface area contributed by atoms with Crippen LogP contribution >= 0.6 is 11.3 Å². The molecular formula is C25H30N4O5S.